The second-order valence-electron chi connectivity index (χ2n) is 5.51. The fourth-order valence-corrected chi connectivity index (χ4v) is 2.45. The van der Waals surface area contributed by atoms with Crippen molar-refractivity contribution in [3.8, 4) is 5.75 Å². The number of methoxy groups -OCH3 is 1. The van der Waals surface area contributed by atoms with Crippen molar-refractivity contribution in [2.45, 2.75) is 19.4 Å². The van der Waals surface area contributed by atoms with Crippen LogP contribution in [-0.2, 0) is 9.53 Å². The predicted molar refractivity (Wildman–Crippen MR) is 86.7 cm³/mol. The van der Waals surface area contributed by atoms with Crippen LogP contribution in [0.15, 0.2) is 42.5 Å². The third kappa shape index (κ3) is 3.17. The molecule has 0 saturated carbocycles. The van der Waals surface area contributed by atoms with Gasteiger partial charge < -0.3 is 14.9 Å². The number of nitrogens with one attached hydrogen (secondary N) is 1. The van der Waals surface area contributed by atoms with Crippen molar-refractivity contribution in [1.82, 2.24) is 0 Å². The zero-order valence-corrected chi connectivity index (χ0v) is 13.1. The normalized spacial score (nSPS) is 19.8. The van der Waals surface area contributed by atoms with Crippen molar-refractivity contribution in [3.05, 3.63) is 53.6 Å². The molecule has 4 nitrogen and oxygen atoms in total. The van der Waals surface area contributed by atoms with Crippen molar-refractivity contribution >= 4 is 12.0 Å². The van der Waals surface area contributed by atoms with Gasteiger partial charge in [-0.05, 0) is 37.1 Å². The highest BCUT2D eigenvalue weighted by atomic mass is 16.5. The first-order valence-electron chi connectivity index (χ1n) is 7.17. The van der Waals surface area contributed by atoms with Crippen molar-refractivity contribution in [3.63, 3.8) is 0 Å². The maximum Gasteiger partial charge on any atom is 0.168 e. The molecule has 1 aromatic carbocycles. The monoisotopic (exact) mass is 299 g/mol. The Morgan fingerprint density at radius 2 is 2.09 bits per heavy atom. The fraction of sp³-hybridized carbons (Fsp3) is 0.333. The van der Waals surface area contributed by atoms with Crippen LogP contribution in [0.4, 0.5) is 0 Å². The summed E-state index contributed by atoms with van der Waals surface area (Å²) in [4.78, 5) is 11.7. The molecule has 2 rings (SSSR count). The van der Waals surface area contributed by atoms with Gasteiger partial charge in [-0.15, -0.1) is 0 Å². The number of carbonyl (C=O) groups excluding carboxylic acids is 1. The number of rotatable bonds is 6. The molecule has 2 atom stereocenters. The first kappa shape index (κ1) is 16.2. The van der Waals surface area contributed by atoms with Crippen LogP contribution in [0.25, 0.3) is 0 Å². The molecule has 1 aromatic rings. The summed E-state index contributed by atoms with van der Waals surface area (Å²) in [5.41, 5.74) is 1.22. The van der Waals surface area contributed by atoms with E-state index in [0.29, 0.717) is 5.71 Å². The molecule has 0 fully saturated rings. The Kier molecular flexibility index (Phi) is 4.93. The Hall–Kier alpha value is -2.20. The Balaban J connectivity index is 2.23. The van der Waals surface area contributed by atoms with E-state index in [1.807, 2.05) is 38.1 Å². The van der Waals surface area contributed by atoms with Crippen molar-refractivity contribution < 1.29 is 14.3 Å². The minimum absolute atomic E-state index is 0.0581. The Labute approximate surface area is 130 Å². The van der Waals surface area contributed by atoms with E-state index < -0.39 is 11.5 Å². The fourth-order valence-electron chi connectivity index (χ4n) is 2.45. The van der Waals surface area contributed by atoms with Crippen LogP contribution in [0.3, 0.4) is 0 Å². The molecule has 1 aliphatic carbocycles. The van der Waals surface area contributed by atoms with E-state index in [9.17, 15) is 4.79 Å². The van der Waals surface area contributed by atoms with Crippen LogP contribution in [0, 0.1) is 25.2 Å². The summed E-state index contributed by atoms with van der Waals surface area (Å²) in [6.07, 6.45) is 7.79. The van der Waals surface area contributed by atoms with Gasteiger partial charge in [0.2, 0.25) is 0 Å². The van der Waals surface area contributed by atoms with E-state index in [4.69, 9.17) is 14.9 Å². The number of hydrogen-bond donors (Lipinski definition) is 1. The highest BCUT2D eigenvalue weighted by Crippen LogP contribution is 2.28. The molecule has 0 spiro atoms. The zero-order chi connectivity index (χ0) is 16.2. The summed E-state index contributed by atoms with van der Waals surface area (Å²) in [5.74, 6) is 0.273. The van der Waals surface area contributed by atoms with Gasteiger partial charge in [0.05, 0.1) is 5.92 Å². The molecular weight excluding hydrogens is 278 g/mol. The van der Waals surface area contributed by atoms with Gasteiger partial charge in [0.25, 0.3) is 0 Å². The van der Waals surface area contributed by atoms with Crippen LogP contribution in [0.2, 0.25) is 0 Å². The summed E-state index contributed by atoms with van der Waals surface area (Å²) in [6.45, 7) is 4.00. The predicted octanol–water partition coefficient (Wildman–Crippen LogP) is 3.03. The van der Waals surface area contributed by atoms with Crippen LogP contribution in [0.5, 0.6) is 5.75 Å². The number of carbonyl (C=O) groups is 1. The topological polar surface area (TPSA) is 59.4 Å². The molecule has 0 aliphatic heterocycles. The zero-order valence-electron chi connectivity index (χ0n) is 13.1. The van der Waals surface area contributed by atoms with E-state index in [0.717, 1.165) is 23.2 Å². The lowest BCUT2D eigenvalue weighted by atomic mass is 9.82. The van der Waals surface area contributed by atoms with Gasteiger partial charge in [0.15, 0.2) is 11.9 Å². The molecule has 0 bridgehead atoms. The summed E-state index contributed by atoms with van der Waals surface area (Å²) < 4.78 is 11.3. The lowest BCUT2D eigenvalue weighted by molar-refractivity contribution is -0.134. The third-order valence-electron chi connectivity index (χ3n) is 3.93. The number of ether oxygens (including phenoxy) is 2. The number of allylic oxidation sites excluding steroid dienone is 3. The van der Waals surface area contributed by atoms with E-state index in [2.05, 4.69) is 0 Å². The molecule has 0 saturated heterocycles. The van der Waals surface area contributed by atoms with Crippen LogP contribution in [-0.4, -0.2) is 31.3 Å². The quantitative estimate of drug-likeness (QED) is 0.821. The number of hydrogen-bond acceptors (Lipinski definition) is 4. The minimum atomic E-state index is -1.20. The first-order chi connectivity index (χ1) is 10.5. The summed E-state index contributed by atoms with van der Waals surface area (Å²) >= 11 is 0. The molecule has 1 aliphatic rings. The third-order valence-corrected chi connectivity index (χ3v) is 3.93. The Bertz CT molecular complexity index is 633. The maximum atomic E-state index is 11.7. The molecule has 1 N–H and O–H groups in total. The van der Waals surface area contributed by atoms with Crippen LogP contribution in [0.1, 0.15) is 11.1 Å². The van der Waals surface area contributed by atoms with Gasteiger partial charge in [-0.1, -0.05) is 30.4 Å². The Morgan fingerprint density at radius 1 is 1.32 bits per heavy atom. The summed E-state index contributed by atoms with van der Waals surface area (Å²) in [6, 6.07) is 5.92. The average Bonchev–Trinajstić information content (AvgIpc) is 2.53. The smallest absolute Gasteiger partial charge is 0.168 e. The maximum absolute atomic E-state index is 11.7. The molecule has 4 heteroatoms. The first-order valence-corrected chi connectivity index (χ1v) is 7.17. The molecule has 22 heavy (non-hydrogen) atoms. The van der Waals surface area contributed by atoms with Crippen LogP contribution >= 0.6 is 0 Å². The SMILES string of the molecule is COC(C=O)(COc1cc(C)ccc1C)C1C=CC=CC1=N. The van der Waals surface area contributed by atoms with Gasteiger partial charge >= 0.3 is 0 Å². The van der Waals surface area contributed by atoms with E-state index in [1.54, 1.807) is 18.2 Å². The molecule has 2 unspecified atom stereocenters. The molecular formula is C18H21NO3. The van der Waals surface area contributed by atoms with Crippen LogP contribution < -0.4 is 4.74 Å². The molecule has 0 radical (unpaired) electrons. The lowest BCUT2D eigenvalue weighted by Crippen LogP contribution is -2.49. The molecule has 0 heterocycles. The second kappa shape index (κ2) is 6.71. The van der Waals surface area contributed by atoms with E-state index in [-0.39, 0.29) is 6.61 Å². The molecule has 0 amide bonds. The Morgan fingerprint density at radius 3 is 2.73 bits per heavy atom. The van der Waals surface area contributed by atoms with Gasteiger partial charge in [-0.25, -0.2) is 0 Å². The van der Waals surface area contributed by atoms with Gasteiger partial charge in [0, 0.05) is 12.8 Å². The van der Waals surface area contributed by atoms with Gasteiger partial charge in [-0.2, -0.15) is 0 Å². The minimum Gasteiger partial charge on any atom is -0.490 e. The van der Waals surface area contributed by atoms with Gasteiger partial charge in [0.1, 0.15) is 12.4 Å². The lowest BCUT2D eigenvalue weighted by Gasteiger charge is -2.33. The van der Waals surface area contributed by atoms with E-state index in [1.165, 1.54) is 7.11 Å². The summed E-state index contributed by atoms with van der Waals surface area (Å²) in [5, 5.41) is 8.04. The highest BCUT2D eigenvalue weighted by molar-refractivity contribution is 6.00. The van der Waals surface area contributed by atoms with Crippen molar-refractivity contribution in [2.24, 2.45) is 5.92 Å². The molecule has 116 valence electrons. The average molecular weight is 299 g/mol. The summed E-state index contributed by atoms with van der Waals surface area (Å²) in [7, 11) is 1.47. The van der Waals surface area contributed by atoms with Crippen molar-refractivity contribution in [1.29, 1.82) is 5.41 Å². The number of benzene rings is 1. The molecule has 0 aromatic heterocycles. The largest absolute Gasteiger partial charge is 0.490 e. The van der Waals surface area contributed by atoms with E-state index >= 15 is 0 Å². The second-order valence-corrected chi connectivity index (χ2v) is 5.51. The number of aldehydes is 1. The standard InChI is InChI=1S/C18H21NO3/c1-13-8-9-14(2)17(10-13)22-12-18(11-20,21-3)15-6-4-5-7-16(15)19/h4-11,15,19H,12H2,1-3H3. The number of aryl methyl sites for hydroxylation is 2. The van der Waals surface area contributed by atoms with Crippen molar-refractivity contribution in [2.75, 3.05) is 13.7 Å². The van der Waals surface area contributed by atoms with Gasteiger partial charge in [-0.3, -0.25) is 4.79 Å². The highest BCUT2D eigenvalue weighted by Gasteiger charge is 2.41.